The van der Waals surface area contributed by atoms with Crippen LogP contribution in [0.3, 0.4) is 0 Å². The van der Waals surface area contributed by atoms with Crippen LogP contribution in [0.25, 0.3) is 0 Å². The predicted molar refractivity (Wildman–Crippen MR) is 143 cm³/mol. The Morgan fingerprint density at radius 1 is 1.08 bits per heavy atom. The van der Waals surface area contributed by atoms with Crippen LogP contribution in [-0.2, 0) is 14.9 Å². The van der Waals surface area contributed by atoms with Gasteiger partial charge >= 0.3 is 0 Å². The smallest absolute Gasteiger partial charge is 0.282 e. The Labute approximate surface area is 219 Å². The average Bonchev–Trinajstić information content (AvgIpc) is 2.88. The van der Waals surface area contributed by atoms with Crippen molar-refractivity contribution in [2.75, 3.05) is 57.8 Å². The number of nitrogens with zero attached hydrogens (tertiary/aromatic N) is 3. The van der Waals surface area contributed by atoms with Crippen LogP contribution in [0.4, 0.5) is 15.8 Å². The lowest BCUT2D eigenvalue weighted by atomic mass is 9.84. The van der Waals surface area contributed by atoms with Crippen molar-refractivity contribution < 1.29 is 17.5 Å². The highest BCUT2D eigenvalue weighted by molar-refractivity contribution is 7.86. The standard InChI is InChI=1S/C27H36FN5O3S/c1-20-15-26(30-24-7-5-23(28)6-8-24)22(17-29)16-25(20)27-19-33(10-9-31(27)18-21-3-2-4-21)37(34,35)32-11-13-36-14-12-32/h5-8,15-17,21,27,29-30H,2-4,9-14,18-19H2,1H3/t27-/m0/s1. The lowest BCUT2D eigenvalue weighted by Gasteiger charge is -2.45. The molecule has 8 nitrogen and oxygen atoms in total. The molecule has 3 aliphatic rings. The molecule has 1 atom stereocenters. The van der Waals surface area contributed by atoms with Gasteiger partial charge in [0.15, 0.2) is 0 Å². The van der Waals surface area contributed by atoms with Gasteiger partial charge in [0.05, 0.1) is 13.2 Å². The first-order valence-electron chi connectivity index (χ1n) is 13.1. The van der Waals surface area contributed by atoms with Crippen molar-refractivity contribution in [3.63, 3.8) is 0 Å². The summed E-state index contributed by atoms with van der Waals surface area (Å²) in [6.45, 7) is 6.16. The maximum atomic E-state index is 13.5. The van der Waals surface area contributed by atoms with E-state index in [4.69, 9.17) is 10.1 Å². The highest BCUT2D eigenvalue weighted by atomic mass is 32.2. The zero-order chi connectivity index (χ0) is 26.0. The fourth-order valence-corrected chi connectivity index (χ4v) is 7.06. The molecule has 0 aromatic heterocycles. The van der Waals surface area contributed by atoms with Gasteiger partial charge in [-0.05, 0) is 73.2 Å². The number of ether oxygens (including phenoxy) is 1. The van der Waals surface area contributed by atoms with Crippen molar-refractivity contribution in [3.05, 3.63) is 58.9 Å². The van der Waals surface area contributed by atoms with Crippen molar-refractivity contribution in [1.82, 2.24) is 13.5 Å². The van der Waals surface area contributed by atoms with Gasteiger partial charge in [-0.1, -0.05) is 6.42 Å². The van der Waals surface area contributed by atoms with Gasteiger partial charge in [0, 0.05) is 68.5 Å². The van der Waals surface area contributed by atoms with Crippen LogP contribution in [0.15, 0.2) is 36.4 Å². The molecule has 0 bridgehead atoms. The molecule has 0 amide bonds. The highest BCUT2D eigenvalue weighted by Gasteiger charge is 2.39. The molecule has 200 valence electrons. The molecular weight excluding hydrogens is 493 g/mol. The number of anilines is 2. The number of piperazine rings is 1. The van der Waals surface area contributed by atoms with Gasteiger partial charge < -0.3 is 15.5 Å². The van der Waals surface area contributed by atoms with Gasteiger partial charge in [0.1, 0.15) is 5.82 Å². The number of rotatable bonds is 8. The molecule has 1 saturated carbocycles. The maximum absolute atomic E-state index is 13.5. The van der Waals surface area contributed by atoms with E-state index in [0.29, 0.717) is 57.4 Å². The average molecular weight is 530 g/mol. The summed E-state index contributed by atoms with van der Waals surface area (Å²) in [5, 5.41) is 11.4. The van der Waals surface area contributed by atoms with Gasteiger partial charge in [-0.2, -0.15) is 17.0 Å². The van der Waals surface area contributed by atoms with Crippen molar-refractivity contribution in [2.24, 2.45) is 5.92 Å². The molecule has 2 aromatic rings. The van der Waals surface area contributed by atoms with E-state index in [2.05, 4.69) is 10.2 Å². The number of benzene rings is 2. The summed E-state index contributed by atoms with van der Waals surface area (Å²) in [7, 11) is -3.58. The van der Waals surface area contributed by atoms with E-state index < -0.39 is 10.2 Å². The number of morpholine rings is 1. The van der Waals surface area contributed by atoms with Crippen molar-refractivity contribution in [1.29, 1.82) is 5.41 Å². The van der Waals surface area contributed by atoms with Gasteiger partial charge in [0.25, 0.3) is 10.2 Å². The van der Waals surface area contributed by atoms with Gasteiger partial charge in [-0.15, -0.1) is 0 Å². The second kappa shape index (κ2) is 11.2. The molecule has 3 fully saturated rings. The molecule has 2 saturated heterocycles. The fourth-order valence-electron chi connectivity index (χ4n) is 5.48. The lowest BCUT2D eigenvalue weighted by molar-refractivity contribution is 0.0592. The minimum atomic E-state index is -3.58. The fraction of sp³-hybridized carbons (Fsp3) is 0.519. The van der Waals surface area contributed by atoms with Crippen molar-refractivity contribution >= 4 is 27.8 Å². The van der Waals surface area contributed by atoms with Gasteiger partial charge in [-0.3, -0.25) is 4.90 Å². The van der Waals surface area contributed by atoms with E-state index >= 15 is 0 Å². The van der Waals surface area contributed by atoms with E-state index in [1.165, 1.54) is 37.6 Å². The summed E-state index contributed by atoms with van der Waals surface area (Å²) >= 11 is 0. The van der Waals surface area contributed by atoms with Crippen LogP contribution < -0.4 is 5.32 Å². The van der Waals surface area contributed by atoms with E-state index in [1.54, 1.807) is 20.7 Å². The van der Waals surface area contributed by atoms with E-state index in [-0.39, 0.29) is 11.9 Å². The van der Waals surface area contributed by atoms with E-state index in [9.17, 15) is 12.8 Å². The van der Waals surface area contributed by atoms with Crippen molar-refractivity contribution in [2.45, 2.75) is 32.2 Å². The highest BCUT2D eigenvalue weighted by Crippen LogP contribution is 2.36. The molecule has 5 rings (SSSR count). The molecule has 0 spiro atoms. The molecule has 0 unspecified atom stereocenters. The predicted octanol–water partition coefficient (Wildman–Crippen LogP) is 3.91. The first-order valence-corrected chi connectivity index (χ1v) is 14.5. The van der Waals surface area contributed by atoms with Crippen LogP contribution in [0.1, 0.15) is 42.0 Å². The molecule has 2 N–H and O–H groups in total. The third-order valence-electron chi connectivity index (χ3n) is 7.87. The molecule has 2 aromatic carbocycles. The zero-order valence-corrected chi connectivity index (χ0v) is 22.1. The summed E-state index contributed by atoms with van der Waals surface area (Å²) in [5.74, 6) is 0.358. The first-order chi connectivity index (χ1) is 17.8. The SMILES string of the molecule is Cc1cc(Nc2ccc(F)cc2)c(C=N)cc1[C@@H]1CN(S(=O)(=O)N2CCOCC2)CCN1CC1CCC1. The van der Waals surface area contributed by atoms with Gasteiger partial charge in [-0.25, -0.2) is 4.39 Å². The summed E-state index contributed by atoms with van der Waals surface area (Å²) < 4.78 is 48.9. The topological polar surface area (TPSA) is 89.0 Å². The zero-order valence-electron chi connectivity index (χ0n) is 21.3. The molecule has 1 aliphatic carbocycles. The number of hydrogen-bond donors (Lipinski definition) is 2. The number of hydrogen-bond acceptors (Lipinski definition) is 6. The van der Waals surface area contributed by atoms with Crippen molar-refractivity contribution in [3.8, 4) is 0 Å². The second-order valence-electron chi connectivity index (χ2n) is 10.3. The van der Waals surface area contributed by atoms with Gasteiger partial charge in [0.2, 0.25) is 0 Å². The second-order valence-corrected chi connectivity index (χ2v) is 12.2. The summed E-state index contributed by atoms with van der Waals surface area (Å²) in [6, 6.07) is 10.1. The maximum Gasteiger partial charge on any atom is 0.282 e. The molecular formula is C27H36FN5O3S. The molecule has 2 heterocycles. The molecule has 0 radical (unpaired) electrons. The molecule has 10 heteroatoms. The Morgan fingerprint density at radius 2 is 1.81 bits per heavy atom. The Bertz CT molecular complexity index is 1210. The summed E-state index contributed by atoms with van der Waals surface area (Å²) in [6.07, 6.45) is 5.03. The van der Waals surface area contributed by atoms with Crippen LogP contribution in [0.2, 0.25) is 0 Å². The van der Waals surface area contributed by atoms with E-state index in [1.807, 2.05) is 19.1 Å². The Morgan fingerprint density at radius 3 is 2.46 bits per heavy atom. The van der Waals surface area contributed by atoms with Crippen LogP contribution in [0.5, 0.6) is 0 Å². The van der Waals surface area contributed by atoms with Crippen LogP contribution >= 0.6 is 0 Å². The third-order valence-corrected chi connectivity index (χ3v) is 9.87. The minimum Gasteiger partial charge on any atom is -0.379 e. The number of aryl methyl sites for hydroxylation is 1. The minimum absolute atomic E-state index is 0.0938. The quantitative estimate of drug-likeness (QED) is 0.506. The van der Waals surface area contributed by atoms with Crippen LogP contribution in [0, 0.1) is 24.1 Å². The normalized spacial score (nSPS) is 22.5. The Kier molecular flexibility index (Phi) is 7.92. The summed E-state index contributed by atoms with van der Waals surface area (Å²) in [5.41, 5.74) is 4.29. The summed E-state index contributed by atoms with van der Waals surface area (Å²) in [4.78, 5) is 2.44. The van der Waals surface area contributed by atoms with E-state index in [0.717, 1.165) is 29.0 Å². The molecule has 37 heavy (non-hydrogen) atoms. The Balaban J connectivity index is 1.44. The first kappa shape index (κ1) is 26.2. The molecule has 2 aliphatic heterocycles. The number of halogens is 1. The van der Waals surface area contributed by atoms with Crippen LogP contribution in [-0.4, -0.2) is 80.6 Å². The number of nitrogens with one attached hydrogen (secondary N) is 2. The monoisotopic (exact) mass is 529 g/mol. The lowest BCUT2D eigenvalue weighted by Crippen LogP contribution is -2.56. The third kappa shape index (κ3) is 5.73. The Hall–Kier alpha value is -2.37. The largest absolute Gasteiger partial charge is 0.379 e.